The summed E-state index contributed by atoms with van der Waals surface area (Å²) >= 11 is 5.98. The van der Waals surface area contributed by atoms with Crippen LogP contribution in [0.2, 0.25) is 5.02 Å². The van der Waals surface area contributed by atoms with E-state index >= 15 is 0 Å². The van der Waals surface area contributed by atoms with Crippen molar-refractivity contribution in [2.75, 3.05) is 0 Å². The Morgan fingerprint density at radius 2 is 1.89 bits per heavy atom. The van der Waals surface area contributed by atoms with Crippen LogP contribution in [0.15, 0.2) is 48.5 Å². The molecule has 0 saturated heterocycles. The summed E-state index contributed by atoms with van der Waals surface area (Å²) in [5.74, 6) is 0.840. The van der Waals surface area contributed by atoms with Crippen molar-refractivity contribution in [3.05, 3.63) is 64.7 Å². The molecule has 18 heavy (non-hydrogen) atoms. The second kappa shape index (κ2) is 4.63. The van der Waals surface area contributed by atoms with Crippen molar-refractivity contribution in [3.8, 4) is 5.75 Å². The van der Waals surface area contributed by atoms with Gasteiger partial charge in [0.25, 0.3) is 0 Å². The van der Waals surface area contributed by atoms with E-state index < -0.39 is 0 Å². The summed E-state index contributed by atoms with van der Waals surface area (Å²) in [5.41, 5.74) is 8.36. The molecule has 2 N–H and O–H groups in total. The molecule has 1 heterocycles. The molecule has 0 aromatic heterocycles. The molecule has 92 valence electrons. The fourth-order valence-electron chi connectivity index (χ4n) is 2.35. The molecule has 1 aliphatic heterocycles. The highest BCUT2D eigenvalue weighted by atomic mass is 35.5. The summed E-state index contributed by atoms with van der Waals surface area (Å²) in [7, 11) is 0. The molecule has 0 spiro atoms. The average molecular weight is 260 g/mol. The Morgan fingerprint density at radius 3 is 2.67 bits per heavy atom. The van der Waals surface area contributed by atoms with Gasteiger partial charge in [-0.3, -0.25) is 0 Å². The van der Waals surface area contributed by atoms with E-state index in [0.717, 1.165) is 23.3 Å². The smallest absolute Gasteiger partial charge is 0.126 e. The van der Waals surface area contributed by atoms with E-state index in [1.165, 1.54) is 0 Å². The van der Waals surface area contributed by atoms with E-state index in [1.54, 1.807) is 0 Å². The minimum absolute atomic E-state index is 0.0230. The summed E-state index contributed by atoms with van der Waals surface area (Å²) in [5, 5.41) is 0.700. The van der Waals surface area contributed by atoms with Gasteiger partial charge >= 0.3 is 0 Å². The van der Waals surface area contributed by atoms with Crippen molar-refractivity contribution in [1.82, 2.24) is 0 Å². The molecular weight excluding hydrogens is 246 g/mol. The number of hydrogen-bond acceptors (Lipinski definition) is 2. The van der Waals surface area contributed by atoms with E-state index in [2.05, 4.69) is 12.1 Å². The first-order chi connectivity index (χ1) is 8.74. The van der Waals surface area contributed by atoms with Crippen LogP contribution in [0.1, 0.15) is 29.7 Å². The quantitative estimate of drug-likeness (QED) is 0.844. The number of halogens is 1. The van der Waals surface area contributed by atoms with Crippen molar-refractivity contribution in [2.45, 2.75) is 18.6 Å². The Labute approximate surface area is 111 Å². The van der Waals surface area contributed by atoms with E-state index in [1.807, 2.05) is 36.4 Å². The molecule has 2 aromatic carbocycles. The molecule has 1 unspecified atom stereocenters. The molecular formula is C15H14ClNO. The van der Waals surface area contributed by atoms with Gasteiger partial charge in [0.15, 0.2) is 0 Å². The lowest BCUT2D eigenvalue weighted by atomic mass is 9.94. The lowest BCUT2D eigenvalue weighted by molar-refractivity contribution is 0.161. The normalized spacial score (nSPS) is 22.1. The maximum atomic E-state index is 6.20. The van der Waals surface area contributed by atoms with Gasteiger partial charge in [-0.25, -0.2) is 0 Å². The molecule has 0 bridgehead atoms. The van der Waals surface area contributed by atoms with Crippen LogP contribution in [-0.4, -0.2) is 0 Å². The second-order valence-electron chi connectivity index (χ2n) is 4.54. The number of rotatable bonds is 1. The van der Waals surface area contributed by atoms with Crippen LogP contribution in [0.25, 0.3) is 0 Å². The molecule has 0 aliphatic carbocycles. The topological polar surface area (TPSA) is 35.2 Å². The molecule has 2 atom stereocenters. The highest BCUT2D eigenvalue weighted by Crippen LogP contribution is 2.40. The fourth-order valence-corrected chi connectivity index (χ4v) is 2.53. The SMILES string of the molecule is N[C@H]1CC(c2ccccc2)Oc2ccc(Cl)cc21. The summed E-state index contributed by atoms with van der Waals surface area (Å²) in [4.78, 5) is 0. The molecule has 2 nitrogen and oxygen atoms in total. The molecule has 3 rings (SSSR count). The molecule has 1 aliphatic rings. The molecule has 3 heteroatoms. The third-order valence-corrected chi connectivity index (χ3v) is 3.51. The Bertz CT molecular complexity index is 556. The first-order valence-electron chi connectivity index (χ1n) is 6.00. The van der Waals surface area contributed by atoms with E-state index in [4.69, 9.17) is 22.1 Å². The van der Waals surface area contributed by atoms with E-state index in [9.17, 15) is 0 Å². The van der Waals surface area contributed by atoms with Crippen LogP contribution >= 0.6 is 11.6 Å². The Morgan fingerprint density at radius 1 is 1.11 bits per heavy atom. The van der Waals surface area contributed by atoms with E-state index in [0.29, 0.717) is 5.02 Å². The zero-order chi connectivity index (χ0) is 12.5. The van der Waals surface area contributed by atoms with Crippen LogP contribution in [0.5, 0.6) is 5.75 Å². The van der Waals surface area contributed by atoms with E-state index in [-0.39, 0.29) is 12.1 Å². The maximum absolute atomic E-state index is 6.20. The Kier molecular flexibility index (Phi) is 2.98. The average Bonchev–Trinajstić information content (AvgIpc) is 2.40. The predicted octanol–water partition coefficient (Wildman–Crippen LogP) is 3.86. The first kappa shape index (κ1) is 11.6. The van der Waals surface area contributed by atoms with Gasteiger partial charge < -0.3 is 10.5 Å². The summed E-state index contributed by atoms with van der Waals surface area (Å²) in [6.07, 6.45) is 0.798. The Hall–Kier alpha value is -1.51. The minimum atomic E-state index is -0.0299. The predicted molar refractivity (Wildman–Crippen MR) is 72.8 cm³/mol. The molecule has 0 radical (unpaired) electrons. The summed E-state index contributed by atoms with van der Waals surface area (Å²) in [6.45, 7) is 0. The molecule has 0 amide bonds. The van der Waals surface area contributed by atoms with Gasteiger partial charge in [-0.2, -0.15) is 0 Å². The molecule has 2 aromatic rings. The van der Waals surface area contributed by atoms with Crippen LogP contribution in [0.4, 0.5) is 0 Å². The van der Waals surface area contributed by atoms with Crippen molar-refractivity contribution in [3.63, 3.8) is 0 Å². The van der Waals surface area contributed by atoms with Gasteiger partial charge in [0, 0.05) is 23.0 Å². The number of hydrogen-bond donors (Lipinski definition) is 1. The van der Waals surface area contributed by atoms with Gasteiger partial charge in [0.05, 0.1) is 0 Å². The van der Waals surface area contributed by atoms with Gasteiger partial charge in [-0.05, 0) is 23.8 Å². The van der Waals surface area contributed by atoms with Crippen LogP contribution in [0.3, 0.4) is 0 Å². The third kappa shape index (κ3) is 2.09. The van der Waals surface area contributed by atoms with Crippen LogP contribution < -0.4 is 10.5 Å². The zero-order valence-electron chi connectivity index (χ0n) is 9.84. The van der Waals surface area contributed by atoms with Gasteiger partial charge in [-0.15, -0.1) is 0 Å². The van der Waals surface area contributed by atoms with Crippen molar-refractivity contribution in [1.29, 1.82) is 0 Å². The monoisotopic (exact) mass is 259 g/mol. The summed E-state index contributed by atoms with van der Waals surface area (Å²) in [6, 6.07) is 15.8. The standard InChI is InChI=1S/C15H14ClNO/c16-11-6-7-14-12(8-11)13(17)9-15(18-14)10-4-2-1-3-5-10/h1-8,13,15H,9,17H2/t13-,15?/m0/s1. The number of fused-ring (bicyclic) bond motifs is 1. The van der Waals surface area contributed by atoms with Crippen LogP contribution in [0, 0.1) is 0 Å². The van der Waals surface area contributed by atoms with Crippen molar-refractivity contribution < 1.29 is 4.74 Å². The fraction of sp³-hybridized carbons (Fsp3) is 0.200. The van der Waals surface area contributed by atoms with Crippen molar-refractivity contribution in [2.24, 2.45) is 5.73 Å². The van der Waals surface area contributed by atoms with Gasteiger partial charge in [0.2, 0.25) is 0 Å². The van der Waals surface area contributed by atoms with Crippen molar-refractivity contribution >= 4 is 11.6 Å². The van der Waals surface area contributed by atoms with Gasteiger partial charge in [-0.1, -0.05) is 41.9 Å². The number of benzene rings is 2. The first-order valence-corrected chi connectivity index (χ1v) is 6.38. The second-order valence-corrected chi connectivity index (χ2v) is 4.98. The zero-order valence-corrected chi connectivity index (χ0v) is 10.6. The lowest BCUT2D eigenvalue weighted by Crippen LogP contribution is -2.24. The highest BCUT2D eigenvalue weighted by molar-refractivity contribution is 6.30. The minimum Gasteiger partial charge on any atom is -0.485 e. The highest BCUT2D eigenvalue weighted by Gasteiger charge is 2.26. The third-order valence-electron chi connectivity index (χ3n) is 3.28. The molecule has 0 saturated carbocycles. The lowest BCUT2D eigenvalue weighted by Gasteiger charge is -2.30. The van der Waals surface area contributed by atoms with Gasteiger partial charge in [0.1, 0.15) is 11.9 Å². The summed E-state index contributed by atoms with van der Waals surface area (Å²) < 4.78 is 6.00. The Balaban J connectivity index is 1.95. The number of nitrogens with two attached hydrogens (primary N) is 1. The number of ether oxygens (including phenoxy) is 1. The maximum Gasteiger partial charge on any atom is 0.126 e. The molecule has 0 fully saturated rings. The largest absolute Gasteiger partial charge is 0.485 e. The van der Waals surface area contributed by atoms with Crippen LogP contribution in [-0.2, 0) is 0 Å².